The molecule has 172 valence electrons. The number of ether oxygens (including phenoxy) is 2. The van der Waals surface area contributed by atoms with Crippen molar-refractivity contribution in [1.29, 1.82) is 0 Å². The zero-order valence-corrected chi connectivity index (χ0v) is 19.0. The highest BCUT2D eigenvalue weighted by atomic mass is 19.2. The van der Waals surface area contributed by atoms with Gasteiger partial charge in [-0.15, -0.1) is 0 Å². The van der Waals surface area contributed by atoms with E-state index in [4.69, 9.17) is 9.47 Å². The van der Waals surface area contributed by atoms with Crippen LogP contribution in [0.15, 0.2) is 23.8 Å². The maximum Gasteiger partial charge on any atom is 0.204 e. The highest BCUT2D eigenvalue weighted by Crippen LogP contribution is 2.41. The molecule has 0 spiro atoms. The standard InChI is InChI=1S/C27H38F2O2/c1-2-3-4-19-7-11-22(12-8-19)23-13-9-21(10-14-23)18-31-25-16-15-24(26(28)27(25)29)30-17-20-5-6-20/h9,15-16,19-20,22-23H,2-8,10-14,17-18H2,1H3. The van der Waals surface area contributed by atoms with Gasteiger partial charge in [0.25, 0.3) is 0 Å². The lowest BCUT2D eigenvalue weighted by Gasteiger charge is -2.35. The van der Waals surface area contributed by atoms with E-state index in [2.05, 4.69) is 13.0 Å². The lowest BCUT2D eigenvalue weighted by atomic mass is 9.71. The molecule has 0 N–H and O–H groups in total. The van der Waals surface area contributed by atoms with E-state index in [1.165, 1.54) is 69.1 Å². The molecule has 0 aromatic heterocycles. The van der Waals surface area contributed by atoms with Gasteiger partial charge < -0.3 is 9.47 Å². The zero-order chi connectivity index (χ0) is 21.6. The Morgan fingerprint density at radius 3 is 2.13 bits per heavy atom. The van der Waals surface area contributed by atoms with Crippen molar-refractivity contribution in [2.24, 2.45) is 23.7 Å². The summed E-state index contributed by atoms with van der Waals surface area (Å²) in [4.78, 5) is 0. The number of allylic oxidation sites excluding steroid dienone is 1. The molecule has 0 radical (unpaired) electrons. The smallest absolute Gasteiger partial charge is 0.204 e. The van der Waals surface area contributed by atoms with Crippen LogP contribution in [-0.2, 0) is 0 Å². The molecule has 3 aliphatic carbocycles. The maximum atomic E-state index is 14.4. The average Bonchev–Trinajstić information content (AvgIpc) is 3.63. The van der Waals surface area contributed by atoms with Gasteiger partial charge in [-0.05, 0) is 86.3 Å². The maximum absolute atomic E-state index is 14.4. The highest BCUT2D eigenvalue weighted by Gasteiger charge is 2.29. The highest BCUT2D eigenvalue weighted by molar-refractivity contribution is 5.35. The molecule has 1 unspecified atom stereocenters. The van der Waals surface area contributed by atoms with E-state index < -0.39 is 11.6 Å². The van der Waals surface area contributed by atoms with Gasteiger partial charge in [0, 0.05) is 0 Å². The van der Waals surface area contributed by atoms with Crippen molar-refractivity contribution in [3.63, 3.8) is 0 Å². The number of rotatable bonds is 10. The molecule has 2 fully saturated rings. The predicted octanol–water partition coefficient (Wildman–Crippen LogP) is 7.86. The van der Waals surface area contributed by atoms with E-state index in [1.807, 2.05) is 0 Å². The molecule has 2 saturated carbocycles. The van der Waals surface area contributed by atoms with Gasteiger partial charge in [0.15, 0.2) is 11.5 Å². The van der Waals surface area contributed by atoms with Gasteiger partial charge in [-0.3, -0.25) is 0 Å². The minimum atomic E-state index is -0.942. The lowest BCUT2D eigenvalue weighted by Crippen LogP contribution is -2.24. The fraction of sp³-hybridized carbons (Fsp3) is 0.704. The third kappa shape index (κ3) is 6.23. The minimum absolute atomic E-state index is 0.0131. The molecule has 2 nitrogen and oxygen atoms in total. The van der Waals surface area contributed by atoms with Gasteiger partial charge in [-0.25, -0.2) is 0 Å². The second kappa shape index (κ2) is 10.8. The van der Waals surface area contributed by atoms with Crippen LogP contribution < -0.4 is 9.47 Å². The molecule has 0 saturated heterocycles. The van der Waals surface area contributed by atoms with Crippen molar-refractivity contribution in [1.82, 2.24) is 0 Å². The first kappa shape index (κ1) is 22.6. The molecule has 0 amide bonds. The molecular weight excluding hydrogens is 394 g/mol. The molecule has 4 rings (SSSR count). The largest absolute Gasteiger partial charge is 0.490 e. The summed E-state index contributed by atoms with van der Waals surface area (Å²) in [7, 11) is 0. The minimum Gasteiger partial charge on any atom is -0.490 e. The van der Waals surface area contributed by atoms with E-state index >= 15 is 0 Å². The normalized spacial score (nSPS) is 26.4. The molecule has 31 heavy (non-hydrogen) atoms. The zero-order valence-electron chi connectivity index (χ0n) is 19.0. The van der Waals surface area contributed by atoms with Gasteiger partial charge in [0.05, 0.1) is 6.61 Å². The summed E-state index contributed by atoms with van der Waals surface area (Å²) in [5.74, 6) is 1.19. The molecular formula is C27H38F2O2. The molecule has 0 bridgehead atoms. The van der Waals surface area contributed by atoms with E-state index in [9.17, 15) is 8.78 Å². The van der Waals surface area contributed by atoms with Crippen LogP contribution in [-0.4, -0.2) is 13.2 Å². The van der Waals surface area contributed by atoms with Gasteiger partial charge in [-0.1, -0.05) is 45.1 Å². The fourth-order valence-electron chi connectivity index (χ4n) is 5.31. The van der Waals surface area contributed by atoms with Crippen LogP contribution in [0.1, 0.15) is 84.0 Å². The molecule has 1 aromatic carbocycles. The van der Waals surface area contributed by atoms with Gasteiger partial charge in [0.2, 0.25) is 11.6 Å². The summed E-state index contributed by atoms with van der Waals surface area (Å²) < 4.78 is 39.7. The van der Waals surface area contributed by atoms with Crippen LogP contribution in [0.4, 0.5) is 8.78 Å². The first-order chi connectivity index (χ1) is 15.1. The van der Waals surface area contributed by atoms with Crippen LogP contribution in [0.25, 0.3) is 0 Å². The van der Waals surface area contributed by atoms with E-state index in [0.29, 0.717) is 19.1 Å². The third-order valence-electron chi connectivity index (χ3n) is 7.67. The molecule has 0 heterocycles. The van der Waals surface area contributed by atoms with Crippen LogP contribution >= 0.6 is 0 Å². The monoisotopic (exact) mass is 432 g/mol. The fourth-order valence-corrected chi connectivity index (χ4v) is 5.31. The number of halogens is 2. The second-order valence-corrected chi connectivity index (χ2v) is 10.1. The first-order valence-corrected chi connectivity index (χ1v) is 12.6. The Morgan fingerprint density at radius 1 is 0.839 bits per heavy atom. The molecule has 1 aromatic rings. The van der Waals surface area contributed by atoms with Gasteiger partial charge in [-0.2, -0.15) is 8.78 Å². The van der Waals surface area contributed by atoms with E-state index in [-0.39, 0.29) is 11.5 Å². The van der Waals surface area contributed by atoms with Crippen molar-refractivity contribution in [2.75, 3.05) is 13.2 Å². The quantitative estimate of drug-likeness (QED) is 0.350. The number of hydrogen-bond donors (Lipinski definition) is 0. The van der Waals surface area contributed by atoms with Crippen LogP contribution in [0.3, 0.4) is 0 Å². The molecule has 0 aliphatic heterocycles. The summed E-state index contributed by atoms with van der Waals surface area (Å²) in [5, 5.41) is 0. The molecule has 1 atom stereocenters. The Labute approximate surface area is 186 Å². The van der Waals surface area contributed by atoms with Crippen molar-refractivity contribution in [3.8, 4) is 11.5 Å². The molecule has 3 aliphatic rings. The van der Waals surface area contributed by atoms with Gasteiger partial charge in [0.1, 0.15) is 6.61 Å². The Kier molecular flexibility index (Phi) is 7.90. The van der Waals surface area contributed by atoms with Crippen LogP contribution in [0.2, 0.25) is 0 Å². The van der Waals surface area contributed by atoms with Gasteiger partial charge >= 0.3 is 0 Å². The lowest BCUT2D eigenvalue weighted by molar-refractivity contribution is 0.183. The Morgan fingerprint density at radius 2 is 1.52 bits per heavy atom. The molecule has 4 heteroatoms. The van der Waals surface area contributed by atoms with Crippen molar-refractivity contribution in [3.05, 3.63) is 35.4 Å². The Balaban J connectivity index is 1.22. The predicted molar refractivity (Wildman–Crippen MR) is 120 cm³/mol. The van der Waals surface area contributed by atoms with E-state index in [0.717, 1.165) is 43.4 Å². The Bertz CT molecular complexity index is 748. The van der Waals surface area contributed by atoms with Crippen molar-refractivity contribution in [2.45, 2.75) is 84.0 Å². The average molecular weight is 433 g/mol. The van der Waals surface area contributed by atoms with Crippen LogP contribution in [0.5, 0.6) is 11.5 Å². The van der Waals surface area contributed by atoms with Crippen molar-refractivity contribution >= 4 is 0 Å². The summed E-state index contributed by atoms with van der Waals surface area (Å²) in [6.45, 7) is 3.09. The van der Waals surface area contributed by atoms with E-state index in [1.54, 1.807) is 0 Å². The number of unbranched alkanes of at least 4 members (excludes halogenated alkanes) is 1. The summed E-state index contributed by atoms with van der Waals surface area (Å²) >= 11 is 0. The third-order valence-corrected chi connectivity index (χ3v) is 7.67. The van der Waals surface area contributed by atoms with Crippen molar-refractivity contribution < 1.29 is 18.3 Å². The topological polar surface area (TPSA) is 18.5 Å². The first-order valence-electron chi connectivity index (χ1n) is 12.6. The number of hydrogen-bond acceptors (Lipinski definition) is 2. The summed E-state index contributed by atoms with van der Waals surface area (Å²) in [6.07, 6.45) is 17.5. The second-order valence-electron chi connectivity index (χ2n) is 10.1. The van der Waals surface area contributed by atoms with Crippen LogP contribution in [0, 0.1) is 35.3 Å². The SMILES string of the molecule is CCCCC1CCC(C2CC=C(COc3ccc(OCC4CC4)c(F)c3F)CC2)CC1. The summed E-state index contributed by atoms with van der Waals surface area (Å²) in [5.41, 5.74) is 1.21. The number of benzene rings is 1. The summed E-state index contributed by atoms with van der Waals surface area (Å²) in [6, 6.07) is 2.97. The Hall–Kier alpha value is -1.58.